The number of carbonyl (C=O) groups excluding carboxylic acids is 1. The van der Waals surface area contributed by atoms with Crippen LogP contribution >= 0.6 is 0 Å². The lowest BCUT2D eigenvalue weighted by Crippen LogP contribution is -2.33. The number of likely N-dealkylation sites (tertiary alicyclic amines) is 1. The van der Waals surface area contributed by atoms with Crippen LogP contribution in [-0.2, 0) is 4.79 Å². The maximum Gasteiger partial charge on any atom is 0.251 e. The van der Waals surface area contributed by atoms with Crippen LogP contribution in [0.1, 0.15) is 39.0 Å². The number of hydrogen-bond acceptors (Lipinski definition) is 2. The van der Waals surface area contributed by atoms with Gasteiger partial charge in [-0.05, 0) is 12.8 Å². The van der Waals surface area contributed by atoms with Crippen LogP contribution in [0, 0.1) is 0 Å². The molecule has 0 radical (unpaired) electrons. The summed E-state index contributed by atoms with van der Waals surface area (Å²) in [4.78, 5) is 13.0. The Kier molecular flexibility index (Phi) is 4.14. The molecule has 0 aromatic heterocycles. The number of hydrogen-bond donors (Lipinski definition) is 1. The number of nitrogens with zero attached hydrogens (tertiary/aromatic N) is 1. The van der Waals surface area contributed by atoms with Gasteiger partial charge in [0.1, 0.15) is 6.73 Å². The summed E-state index contributed by atoms with van der Waals surface area (Å²) in [6, 6.07) is 0.187. The summed E-state index contributed by atoms with van der Waals surface area (Å²) in [5.41, 5.74) is 0.639. The molecule has 1 unspecified atom stereocenters. The van der Waals surface area contributed by atoms with Gasteiger partial charge in [-0.2, -0.15) is 0 Å². The fourth-order valence-corrected chi connectivity index (χ4v) is 1.92. The third-order valence-corrected chi connectivity index (χ3v) is 2.78. The topological polar surface area (TPSA) is 40.5 Å². The average Bonchev–Trinajstić information content (AvgIpc) is 2.43. The number of aliphatic hydroxyl groups is 1. The number of carbonyl (C=O) groups is 1. The molecule has 0 aromatic rings. The molecule has 1 heterocycles. The van der Waals surface area contributed by atoms with Crippen LogP contribution in [0.3, 0.4) is 0 Å². The van der Waals surface area contributed by atoms with E-state index >= 15 is 0 Å². The Morgan fingerprint density at radius 2 is 2.29 bits per heavy atom. The minimum absolute atomic E-state index is 0.0750. The third-order valence-electron chi connectivity index (χ3n) is 2.78. The summed E-state index contributed by atoms with van der Waals surface area (Å²) in [6.45, 7) is 5.69. The molecule has 14 heavy (non-hydrogen) atoms. The molecule has 1 atom stereocenters. The van der Waals surface area contributed by atoms with Crippen molar-refractivity contribution in [2.45, 2.75) is 45.1 Å². The second-order valence-electron chi connectivity index (χ2n) is 3.87. The minimum Gasteiger partial charge on any atom is -0.376 e. The molecule has 0 bridgehead atoms. The maximum absolute atomic E-state index is 11.4. The SMILES string of the molecule is C=C1CC(CCCCC)N(CO)C1=O. The van der Waals surface area contributed by atoms with Crippen LogP contribution in [0.2, 0.25) is 0 Å². The Labute approximate surface area is 85.4 Å². The first-order valence-electron chi connectivity index (χ1n) is 5.30. The number of aliphatic hydroxyl groups excluding tert-OH is 1. The summed E-state index contributed by atoms with van der Waals surface area (Å²) in [6.07, 6.45) is 5.21. The smallest absolute Gasteiger partial charge is 0.251 e. The average molecular weight is 197 g/mol. The fourth-order valence-electron chi connectivity index (χ4n) is 1.92. The number of unbranched alkanes of at least 4 members (excludes halogenated alkanes) is 2. The van der Waals surface area contributed by atoms with Gasteiger partial charge in [-0.3, -0.25) is 4.79 Å². The van der Waals surface area contributed by atoms with Gasteiger partial charge in [0, 0.05) is 11.6 Å². The van der Waals surface area contributed by atoms with Crippen LogP contribution < -0.4 is 0 Å². The van der Waals surface area contributed by atoms with Crippen molar-refractivity contribution in [2.24, 2.45) is 0 Å². The third kappa shape index (κ3) is 2.35. The fraction of sp³-hybridized carbons (Fsp3) is 0.727. The Morgan fingerprint density at radius 1 is 1.57 bits per heavy atom. The zero-order chi connectivity index (χ0) is 10.6. The Balaban J connectivity index is 2.44. The molecule has 1 saturated heterocycles. The molecule has 0 spiro atoms. The van der Waals surface area contributed by atoms with Gasteiger partial charge in [-0.25, -0.2) is 0 Å². The second kappa shape index (κ2) is 5.15. The van der Waals surface area contributed by atoms with Gasteiger partial charge >= 0.3 is 0 Å². The quantitative estimate of drug-likeness (QED) is 0.538. The van der Waals surface area contributed by atoms with Crippen molar-refractivity contribution < 1.29 is 9.90 Å². The lowest BCUT2D eigenvalue weighted by Gasteiger charge is -2.21. The monoisotopic (exact) mass is 197 g/mol. The largest absolute Gasteiger partial charge is 0.376 e. The summed E-state index contributed by atoms with van der Waals surface area (Å²) >= 11 is 0. The normalized spacial score (nSPS) is 22.1. The summed E-state index contributed by atoms with van der Waals surface area (Å²) in [7, 11) is 0. The molecular weight excluding hydrogens is 178 g/mol. The minimum atomic E-state index is -0.172. The van der Waals surface area contributed by atoms with E-state index in [0.717, 1.165) is 19.3 Å². The predicted molar refractivity (Wildman–Crippen MR) is 55.6 cm³/mol. The molecule has 0 aromatic carbocycles. The van der Waals surface area contributed by atoms with Crippen molar-refractivity contribution in [3.8, 4) is 0 Å². The van der Waals surface area contributed by atoms with E-state index in [1.165, 1.54) is 17.7 Å². The molecule has 1 N–H and O–H groups in total. The van der Waals surface area contributed by atoms with Crippen LogP contribution in [-0.4, -0.2) is 28.7 Å². The molecule has 3 heteroatoms. The summed E-state index contributed by atoms with van der Waals surface area (Å²) in [5.74, 6) is -0.0750. The van der Waals surface area contributed by atoms with Gasteiger partial charge in [0.25, 0.3) is 5.91 Å². The lowest BCUT2D eigenvalue weighted by atomic mass is 10.1. The molecule has 0 aliphatic carbocycles. The van der Waals surface area contributed by atoms with E-state index in [1.54, 1.807) is 0 Å². The molecule has 80 valence electrons. The molecule has 1 aliphatic heterocycles. The molecule has 1 fully saturated rings. The second-order valence-corrected chi connectivity index (χ2v) is 3.87. The van der Waals surface area contributed by atoms with Crippen LogP contribution in [0.25, 0.3) is 0 Å². The van der Waals surface area contributed by atoms with Crippen LogP contribution in [0.4, 0.5) is 0 Å². The van der Waals surface area contributed by atoms with E-state index in [1.807, 2.05) is 0 Å². The molecule has 1 rings (SSSR count). The summed E-state index contributed by atoms with van der Waals surface area (Å²) in [5, 5.41) is 9.05. The van der Waals surface area contributed by atoms with Crippen molar-refractivity contribution in [1.29, 1.82) is 0 Å². The van der Waals surface area contributed by atoms with Gasteiger partial charge in [0.2, 0.25) is 0 Å². The predicted octanol–water partition coefficient (Wildman–Crippen LogP) is 1.67. The van der Waals surface area contributed by atoms with Gasteiger partial charge in [0.15, 0.2) is 0 Å². The molecule has 1 amide bonds. The van der Waals surface area contributed by atoms with Crippen molar-refractivity contribution >= 4 is 5.91 Å². The van der Waals surface area contributed by atoms with Crippen molar-refractivity contribution in [1.82, 2.24) is 4.90 Å². The molecule has 1 aliphatic rings. The first-order chi connectivity index (χ1) is 6.70. The van der Waals surface area contributed by atoms with Crippen molar-refractivity contribution in [3.05, 3.63) is 12.2 Å². The Morgan fingerprint density at radius 3 is 2.86 bits per heavy atom. The van der Waals surface area contributed by atoms with E-state index in [2.05, 4.69) is 13.5 Å². The number of rotatable bonds is 5. The van der Waals surface area contributed by atoms with E-state index in [-0.39, 0.29) is 18.7 Å². The zero-order valence-corrected chi connectivity index (χ0v) is 8.83. The molecular formula is C11H19NO2. The highest BCUT2D eigenvalue weighted by molar-refractivity contribution is 5.95. The van der Waals surface area contributed by atoms with E-state index in [0.29, 0.717) is 5.57 Å². The van der Waals surface area contributed by atoms with Gasteiger partial charge < -0.3 is 10.0 Å². The van der Waals surface area contributed by atoms with Gasteiger partial charge in [-0.1, -0.05) is 32.8 Å². The zero-order valence-electron chi connectivity index (χ0n) is 8.83. The first kappa shape index (κ1) is 11.2. The van der Waals surface area contributed by atoms with Crippen LogP contribution in [0.15, 0.2) is 12.2 Å². The van der Waals surface area contributed by atoms with Crippen molar-refractivity contribution in [2.75, 3.05) is 6.73 Å². The Bertz CT molecular complexity index is 225. The Hall–Kier alpha value is -0.830. The van der Waals surface area contributed by atoms with E-state index in [4.69, 9.17) is 5.11 Å². The highest BCUT2D eigenvalue weighted by atomic mass is 16.3. The van der Waals surface area contributed by atoms with Crippen LogP contribution in [0.5, 0.6) is 0 Å². The lowest BCUT2D eigenvalue weighted by molar-refractivity contribution is -0.129. The number of amides is 1. The molecule has 3 nitrogen and oxygen atoms in total. The van der Waals surface area contributed by atoms with Gasteiger partial charge in [-0.15, -0.1) is 0 Å². The van der Waals surface area contributed by atoms with Gasteiger partial charge in [0.05, 0.1) is 0 Å². The van der Waals surface area contributed by atoms with Crippen molar-refractivity contribution in [3.63, 3.8) is 0 Å². The van der Waals surface area contributed by atoms with E-state index in [9.17, 15) is 4.79 Å². The highest BCUT2D eigenvalue weighted by Gasteiger charge is 2.32. The maximum atomic E-state index is 11.4. The first-order valence-corrected chi connectivity index (χ1v) is 5.30. The molecule has 0 saturated carbocycles. The van der Waals surface area contributed by atoms with E-state index < -0.39 is 0 Å². The standard InChI is InChI=1S/C11H19NO2/c1-3-4-5-6-10-7-9(2)11(14)12(10)8-13/h10,13H,2-8H2,1H3. The summed E-state index contributed by atoms with van der Waals surface area (Å²) < 4.78 is 0. The highest BCUT2D eigenvalue weighted by Crippen LogP contribution is 2.25.